The van der Waals surface area contributed by atoms with Crippen molar-refractivity contribution in [1.29, 1.82) is 0 Å². The molecule has 0 aromatic carbocycles. The quantitative estimate of drug-likeness (QED) is 0.761. The molecule has 0 bridgehead atoms. The summed E-state index contributed by atoms with van der Waals surface area (Å²) >= 11 is 5.92. The Balaban J connectivity index is 2.04. The smallest absolute Gasteiger partial charge is 0.168 e. The predicted molar refractivity (Wildman–Crippen MR) is 62.6 cm³/mol. The van der Waals surface area contributed by atoms with Crippen molar-refractivity contribution < 1.29 is 0 Å². The highest BCUT2D eigenvalue weighted by atomic mass is 35.5. The number of halogens is 1. The molecule has 1 saturated heterocycles. The summed E-state index contributed by atoms with van der Waals surface area (Å²) in [5.41, 5.74) is 0.861. The molecule has 0 aliphatic carbocycles. The van der Waals surface area contributed by atoms with Gasteiger partial charge in [-0.05, 0) is 38.6 Å². The molecule has 1 unspecified atom stereocenters. The molecule has 1 aliphatic rings. The van der Waals surface area contributed by atoms with Crippen LogP contribution in [0.1, 0.15) is 24.7 Å². The number of nitrogens with zero attached hydrogens (tertiary/aromatic N) is 4. The minimum atomic E-state index is 0.360. The Labute approximate surface area is 98.8 Å². The third-order valence-corrected chi connectivity index (χ3v) is 3.35. The lowest BCUT2D eigenvalue weighted by molar-refractivity contribution is 0.306. The lowest BCUT2D eigenvalue weighted by Crippen LogP contribution is -2.18. The lowest BCUT2D eigenvalue weighted by Gasteiger charge is -2.15. The SMILES string of the molecule is CN1CCCC1c1nc2ccc(Cl)cn2n1. The second-order valence-corrected chi connectivity index (χ2v) is 4.70. The Bertz CT molecular complexity index is 522. The van der Waals surface area contributed by atoms with Gasteiger partial charge in [-0.3, -0.25) is 4.90 Å². The summed E-state index contributed by atoms with van der Waals surface area (Å²) in [7, 11) is 2.12. The third kappa shape index (κ3) is 1.58. The highest BCUT2D eigenvalue weighted by Crippen LogP contribution is 2.28. The van der Waals surface area contributed by atoms with E-state index in [1.165, 1.54) is 6.42 Å². The van der Waals surface area contributed by atoms with Crippen LogP contribution in [-0.2, 0) is 0 Å². The van der Waals surface area contributed by atoms with Crippen molar-refractivity contribution in [2.75, 3.05) is 13.6 Å². The molecule has 3 rings (SSSR count). The fourth-order valence-corrected chi connectivity index (χ4v) is 2.41. The average Bonchev–Trinajstić information content (AvgIpc) is 2.82. The summed E-state index contributed by atoms with van der Waals surface area (Å²) in [6.07, 6.45) is 4.15. The first kappa shape index (κ1) is 10.1. The number of hydrogen-bond acceptors (Lipinski definition) is 3. The molecule has 16 heavy (non-hydrogen) atoms. The predicted octanol–water partition coefficient (Wildman–Crippen LogP) is 2.15. The van der Waals surface area contributed by atoms with Gasteiger partial charge in [0, 0.05) is 6.20 Å². The Kier molecular flexibility index (Phi) is 2.33. The van der Waals surface area contributed by atoms with E-state index in [1.54, 1.807) is 10.7 Å². The topological polar surface area (TPSA) is 33.4 Å². The van der Waals surface area contributed by atoms with Crippen LogP contribution in [0.3, 0.4) is 0 Å². The normalized spacial score (nSPS) is 22.0. The van der Waals surface area contributed by atoms with Gasteiger partial charge in [0.1, 0.15) is 0 Å². The summed E-state index contributed by atoms with van der Waals surface area (Å²) in [5.74, 6) is 0.905. The first-order valence-electron chi connectivity index (χ1n) is 5.46. The Hall–Kier alpha value is -1.13. The van der Waals surface area contributed by atoms with Crippen LogP contribution in [0.2, 0.25) is 5.02 Å². The van der Waals surface area contributed by atoms with E-state index >= 15 is 0 Å². The van der Waals surface area contributed by atoms with Crippen molar-refractivity contribution in [3.05, 3.63) is 29.2 Å². The van der Waals surface area contributed by atoms with Crippen LogP contribution in [-0.4, -0.2) is 33.1 Å². The first-order chi connectivity index (χ1) is 7.74. The van der Waals surface area contributed by atoms with E-state index in [-0.39, 0.29) is 0 Å². The van der Waals surface area contributed by atoms with Gasteiger partial charge in [0.15, 0.2) is 11.5 Å². The van der Waals surface area contributed by atoms with Crippen molar-refractivity contribution in [2.45, 2.75) is 18.9 Å². The van der Waals surface area contributed by atoms with Crippen molar-refractivity contribution in [3.8, 4) is 0 Å². The second-order valence-electron chi connectivity index (χ2n) is 4.26. The van der Waals surface area contributed by atoms with Gasteiger partial charge in [-0.25, -0.2) is 9.50 Å². The summed E-state index contributed by atoms with van der Waals surface area (Å²) in [6, 6.07) is 4.10. The number of pyridine rings is 1. The first-order valence-corrected chi connectivity index (χ1v) is 5.84. The molecule has 5 heteroatoms. The number of rotatable bonds is 1. The van der Waals surface area contributed by atoms with Gasteiger partial charge >= 0.3 is 0 Å². The molecule has 84 valence electrons. The summed E-state index contributed by atoms with van der Waals surface area (Å²) in [4.78, 5) is 6.84. The molecule has 2 aromatic rings. The van der Waals surface area contributed by atoms with E-state index < -0.39 is 0 Å². The monoisotopic (exact) mass is 236 g/mol. The standard InChI is InChI=1S/C11H13ClN4/c1-15-6-2-3-9(15)11-13-10-5-4-8(12)7-16(10)14-11/h4-5,7,9H,2-3,6H2,1H3. The molecule has 0 radical (unpaired) electrons. The maximum Gasteiger partial charge on any atom is 0.168 e. The molecule has 1 atom stereocenters. The highest BCUT2D eigenvalue weighted by molar-refractivity contribution is 6.30. The van der Waals surface area contributed by atoms with Crippen molar-refractivity contribution >= 4 is 17.2 Å². The van der Waals surface area contributed by atoms with E-state index in [2.05, 4.69) is 22.0 Å². The zero-order valence-corrected chi connectivity index (χ0v) is 9.85. The Morgan fingerprint density at radius 1 is 1.44 bits per heavy atom. The zero-order valence-electron chi connectivity index (χ0n) is 9.10. The average molecular weight is 237 g/mol. The van der Waals surface area contributed by atoms with Gasteiger partial charge in [-0.1, -0.05) is 11.6 Å². The third-order valence-electron chi connectivity index (χ3n) is 3.13. The molecule has 4 nitrogen and oxygen atoms in total. The molecule has 0 spiro atoms. The van der Waals surface area contributed by atoms with E-state index in [1.807, 2.05) is 12.1 Å². The largest absolute Gasteiger partial charge is 0.296 e. The molecule has 1 aliphatic heterocycles. The van der Waals surface area contributed by atoms with Gasteiger partial charge in [0.05, 0.1) is 11.1 Å². The minimum Gasteiger partial charge on any atom is -0.296 e. The fourth-order valence-electron chi connectivity index (χ4n) is 2.25. The van der Waals surface area contributed by atoms with Gasteiger partial charge in [0.2, 0.25) is 0 Å². The number of fused-ring (bicyclic) bond motifs is 1. The molecule has 0 amide bonds. The van der Waals surface area contributed by atoms with E-state index in [9.17, 15) is 0 Å². The van der Waals surface area contributed by atoms with Crippen LogP contribution in [0.4, 0.5) is 0 Å². The highest BCUT2D eigenvalue weighted by Gasteiger charge is 2.26. The number of hydrogen-bond donors (Lipinski definition) is 0. The van der Waals surface area contributed by atoms with E-state index in [0.29, 0.717) is 11.1 Å². The van der Waals surface area contributed by atoms with Gasteiger partial charge in [-0.15, -0.1) is 5.10 Å². The van der Waals surface area contributed by atoms with Crippen LogP contribution >= 0.6 is 11.6 Å². The van der Waals surface area contributed by atoms with Crippen LogP contribution in [0.15, 0.2) is 18.3 Å². The molecule has 1 fully saturated rings. The molecular formula is C11H13ClN4. The van der Waals surface area contributed by atoms with E-state index in [0.717, 1.165) is 24.4 Å². The second kappa shape index (κ2) is 3.71. The molecule has 3 heterocycles. The fraction of sp³-hybridized carbons (Fsp3) is 0.455. The van der Waals surface area contributed by atoms with Crippen LogP contribution < -0.4 is 0 Å². The van der Waals surface area contributed by atoms with Crippen molar-refractivity contribution in [1.82, 2.24) is 19.5 Å². The van der Waals surface area contributed by atoms with Gasteiger partial charge in [0.25, 0.3) is 0 Å². The Morgan fingerprint density at radius 2 is 2.31 bits per heavy atom. The minimum absolute atomic E-state index is 0.360. The maximum absolute atomic E-state index is 5.92. The van der Waals surface area contributed by atoms with Gasteiger partial charge in [-0.2, -0.15) is 0 Å². The summed E-state index contributed by atoms with van der Waals surface area (Å²) in [6.45, 7) is 1.13. The van der Waals surface area contributed by atoms with Crippen LogP contribution in [0.5, 0.6) is 0 Å². The maximum atomic E-state index is 5.92. The summed E-state index contributed by atoms with van der Waals surface area (Å²) < 4.78 is 1.75. The van der Waals surface area contributed by atoms with E-state index in [4.69, 9.17) is 11.6 Å². The van der Waals surface area contributed by atoms with Crippen molar-refractivity contribution in [3.63, 3.8) is 0 Å². The molecular weight excluding hydrogens is 224 g/mol. The van der Waals surface area contributed by atoms with Crippen LogP contribution in [0.25, 0.3) is 5.65 Å². The zero-order chi connectivity index (χ0) is 11.1. The van der Waals surface area contributed by atoms with Crippen molar-refractivity contribution in [2.24, 2.45) is 0 Å². The van der Waals surface area contributed by atoms with Gasteiger partial charge < -0.3 is 0 Å². The number of aromatic nitrogens is 3. The molecule has 0 N–H and O–H groups in total. The lowest BCUT2D eigenvalue weighted by atomic mass is 10.2. The number of likely N-dealkylation sites (tertiary alicyclic amines) is 1. The summed E-state index contributed by atoms with van der Waals surface area (Å²) in [5, 5.41) is 5.17. The Morgan fingerprint density at radius 3 is 3.06 bits per heavy atom. The molecule has 2 aromatic heterocycles. The molecule has 0 saturated carbocycles. The van der Waals surface area contributed by atoms with Crippen LogP contribution in [0, 0.1) is 0 Å².